The highest BCUT2D eigenvalue weighted by Crippen LogP contribution is 2.15. The van der Waals surface area contributed by atoms with E-state index in [2.05, 4.69) is 0 Å². The van der Waals surface area contributed by atoms with Gasteiger partial charge in [-0.05, 0) is 48.4 Å². The number of benzene rings is 2. The molecule has 2 aromatic carbocycles. The van der Waals surface area contributed by atoms with Gasteiger partial charge in [0.2, 0.25) is 0 Å². The summed E-state index contributed by atoms with van der Waals surface area (Å²) in [7, 11) is 1.70. The Bertz CT molecular complexity index is 640. The lowest BCUT2D eigenvalue weighted by Gasteiger charge is -2.18. The first-order chi connectivity index (χ1) is 9.47. The SMILES string of the molecule is Cc1cc(N)ccc1C(=O)N(C)Cc1cccc(F)c1. The molecular formula is C16H17FN2O. The van der Waals surface area contributed by atoms with Crippen LogP contribution in [0.4, 0.5) is 10.1 Å². The Kier molecular flexibility index (Phi) is 4.03. The molecule has 4 heteroatoms. The van der Waals surface area contributed by atoms with E-state index in [1.165, 1.54) is 12.1 Å². The van der Waals surface area contributed by atoms with Crippen LogP contribution in [0.2, 0.25) is 0 Å². The molecule has 20 heavy (non-hydrogen) atoms. The quantitative estimate of drug-likeness (QED) is 0.873. The number of hydrogen-bond donors (Lipinski definition) is 1. The summed E-state index contributed by atoms with van der Waals surface area (Å²) >= 11 is 0. The third-order valence-corrected chi connectivity index (χ3v) is 3.14. The molecule has 0 spiro atoms. The van der Waals surface area contributed by atoms with Gasteiger partial charge in [0, 0.05) is 24.8 Å². The van der Waals surface area contributed by atoms with Crippen molar-refractivity contribution in [3.8, 4) is 0 Å². The molecule has 0 aliphatic heterocycles. The molecule has 0 saturated heterocycles. The maximum absolute atomic E-state index is 13.1. The van der Waals surface area contributed by atoms with E-state index < -0.39 is 0 Å². The molecule has 0 aromatic heterocycles. The van der Waals surface area contributed by atoms with Crippen LogP contribution < -0.4 is 5.73 Å². The van der Waals surface area contributed by atoms with Crippen molar-refractivity contribution in [2.45, 2.75) is 13.5 Å². The van der Waals surface area contributed by atoms with Crippen LogP contribution in [-0.4, -0.2) is 17.9 Å². The van der Waals surface area contributed by atoms with Crippen molar-refractivity contribution in [2.24, 2.45) is 0 Å². The van der Waals surface area contributed by atoms with Crippen LogP contribution in [0.3, 0.4) is 0 Å². The maximum Gasteiger partial charge on any atom is 0.254 e. The van der Waals surface area contributed by atoms with E-state index in [9.17, 15) is 9.18 Å². The number of carbonyl (C=O) groups excluding carboxylic acids is 1. The molecule has 0 bridgehead atoms. The van der Waals surface area contributed by atoms with Crippen molar-refractivity contribution in [2.75, 3.05) is 12.8 Å². The van der Waals surface area contributed by atoms with E-state index >= 15 is 0 Å². The van der Waals surface area contributed by atoms with Crippen LogP contribution in [0.25, 0.3) is 0 Å². The summed E-state index contributed by atoms with van der Waals surface area (Å²) in [6.07, 6.45) is 0. The summed E-state index contributed by atoms with van der Waals surface area (Å²) in [6.45, 7) is 2.21. The van der Waals surface area contributed by atoms with E-state index in [1.807, 2.05) is 6.92 Å². The van der Waals surface area contributed by atoms with E-state index in [0.717, 1.165) is 11.1 Å². The summed E-state index contributed by atoms with van der Waals surface area (Å²) in [5, 5.41) is 0. The standard InChI is InChI=1S/C16H17FN2O/c1-11-8-14(18)6-7-15(11)16(20)19(2)10-12-4-3-5-13(17)9-12/h3-9H,10,18H2,1-2H3. The Morgan fingerprint density at radius 1 is 1.25 bits per heavy atom. The molecule has 0 radical (unpaired) electrons. The van der Waals surface area contributed by atoms with Crippen molar-refractivity contribution < 1.29 is 9.18 Å². The molecule has 0 unspecified atom stereocenters. The number of carbonyl (C=O) groups is 1. The molecule has 104 valence electrons. The summed E-state index contributed by atoms with van der Waals surface area (Å²) in [4.78, 5) is 13.9. The zero-order valence-electron chi connectivity index (χ0n) is 11.6. The van der Waals surface area contributed by atoms with Gasteiger partial charge in [-0.15, -0.1) is 0 Å². The third kappa shape index (κ3) is 3.15. The van der Waals surface area contributed by atoms with Crippen LogP contribution in [-0.2, 0) is 6.54 Å². The predicted molar refractivity (Wildman–Crippen MR) is 77.8 cm³/mol. The molecule has 0 fully saturated rings. The number of amides is 1. The van der Waals surface area contributed by atoms with Gasteiger partial charge in [0.05, 0.1) is 0 Å². The Labute approximate surface area is 117 Å². The van der Waals surface area contributed by atoms with Crippen molar-refractivity contribution in [1.82, 2.24) is 4.90 Å². The topological polar surface area (TPSA) is 46.3 Å². The number of anilines is 1. The number of aryl methyl sites for hydroxylation is 1. The van der Waals surface area contributed by atoms with Crippen LogP contribution in [0.15, 0.2) is 42.5 Å². The molecule has 0 aliphatic carbocycles. The normalized spacial score (nSPS) is 10.3. The van der Waals surface area contributed by atoms with Crippen molar-refractivity contribution in [1.29, 1.82) is 0 Å². The molecule has 0 atom stereocenters. The average molecular weight is 272 g/mol. The summed E-state index contributed by atoms with van der Waals surface area (Å²) in [6, 6.07) is 11.4. The average Bonchev–Trinajstić information content (AvgIpc) is 2.38. The van der Waals surface area contributed by atoms with Gasteiger partial charge in [0.25, 0.3) is 5.91 Å². The minimum absolute atomic E-state index is 0.105. The summed E-state index contributed by atoms with van der Waals surface area (Å²) < 4.78 is 13.1. The molecule has 0 heterocycles. The summed E-state index contributed by atoms with van der Waals surface area (Å²) in [5.41, 5.74) is 8.51. The molecular weight excluding hydrogens is 255 g/mol. The second-order valence-electron chi connectivity index (χ2n) is 4.87. The number of nitrogen functional groups attached to an aromatic ring is 1. The molecule has 0 aliphatic rings. The van der Waals surface area contributed by atoms with Gasteiger partial charge in [-0.1, -0.05) is 12.1 Å². The fourth-order valence-corrected chi connectivity index (χ4v) is 2.11. The predicted octanol–water partition coefficient (Wildman–Crippen LogP) is 2.99. The Morgan fingerprint density at radius 3 is 2.65 bits per heavy atom. The summed E-state index contributed by atoms with van der Waals surface area (Å²) in [5.74, 6) is -0.404. The zero-order valence-corrected chi connectivity index (χ0v) is 11.6. The monoisotopic (exact) mass is 272 g/mol. The number of rotatable bonds is 3. The first-order valence-corrected chi connectivity index (χ1v) is 6.33. The minimum Gasteiger partial charge on any atom is -0.399 e. The number of halogens is 1. The van der Waals surface area contributed by atoms with Crippen molar-refractivity contribution >= 4 is 11.6 Å². The van der Waals surface area contributed by atoms with Crippen LogP contribution >= 0.6 is 0 Å². The lowest BCUT2D eigenvalue weighted by Crippen LogP contribution is -2.26. The van der Waals surface area contributed by atoms with Crippen LogP contribution in [0.5, 0.6) is 0 Å². The minimum atomic E-state index is -0.299. The molecule has 3 nitrogen and oxygen atoms in total. The van der Waals surface area contributed by atoms with Crippen LogP contribution in [0.1, 0.15) is 21.5 Å². The fraction of sp³-hybridized carbons (Fsp3) is 0.188. The Morgan fingerprint density at radius 2 is 2.00 bits per heavy atom. The second-order valence-corrected chi connectivity index (χ2v) is 4.87. The van der Waals surface area contributed by atoms with Gasteiger partial charge in [-0.2, -0.15) is 0 Å². The van der Waals surface area contributed by atoms with E-state index in [-0.39, 0.29) is 11.7 Å². The first kappa shape index (κ1) is 14.1. The number of nitrogens with two attached hydrogens (primary N) is 1. The van der Waals surface area contributed by atoms with Gasteiger partial charge >= 0.3 is 0 Å². The van der Waals surface area contributed by atoms with E-state index in [0.29, 0.717) is 17.8 Å². The van der Waals surface area contributed by atoms with Gasteiger partial charge in [-0.25, -0.2) is 4.39 Å². The fourth-order valence-electron chi connectivity index (χ4n) is 2.11. The van der Waals surface area contributed by atoms with Gasteiger partial charge < -0.3 is 10.6 Å². The first-order valence-electron chi connectivity index (χ1n) is 6.33. The molecule has 2 rings (SSSR count). The third-order valence-electron chi connectivity index (χ3n) is 3.14. The molecule has 2 N–H and O–H groups in total. The molecule has 0 saturated carbocycles. The lowest BCUT2D eigenvalue weighted by atomic mass is 10.1. The highest BCUT2D eigenvalue weighted by atomic mass is 19.1. The molecule has 1 amide bonds. The largest absolute Gasteiger partial charge is 0.399 e. The highest BCUT2D eigenvalue weighted by molar-refractivity contribution is 5.95. The Hall–Kier alpha value is -2.36. The highest BCUT2D eigenvalue weighted by Gasteiger charge is 2.14. The zero-order chi connectivity index (χ0) is 14.7. The molecule has 2 aromatic rings. The Balaban J connectivity index is 2.16. The number of nitrogens with zero attached hydrogens (tertiary/aromatic N) is 1. The van der Waals surface area contributed by atoms with E-state index in [1.54, 1.807) is 42.3 Å². The smallest absolute Gasteiger partial charge is 0.254 e. The number of hydrogen-bond acceptors (Lipinski definition) is 2. The van der Waals surface area contributed by atoms with Gasteiger partial charge in [-0.3, -0.25) is 4.79 Å². The van der Waals surface area contributed by atoms with Gasteiger partial charge in [0.15, 0.2) is 0 Å². The lowest BCUT2D eigenvalue weighted by molar-refractivity contribution is 0.0784. The van der Waals surface area contributed by atoms with Crippen molar-refractivity contribution in [3.63, 3.8) is 0 Å². The van der Waals surface area contributed by atoms with E-state index in [4.69, 9.17) is 5.73 Å². The second kappa shape index (κ2) is 5.74. The van der Waals surface area contributed by atoms with Gasteiger partial charge in [0.1, 0.15) is 5.82 Å². The van der Waals surface area contributed by atoms with Crippen LogP contribution in [0, 0.1) is 12.7 Å². The van der Waals surface area contributed by atoms with Crippen molar-refractivity contribution in [3.05, 3.63) is 65.0 Å². The maximum atomic E-state index is 13.1.